The third-order valence-electron chi connectivity index (χ3n) is 4.63. The van der Waals surface area contributed by atoms with Crippen LogP contribution in [0.1, 0.15) is 50.5 Å². The molecule has 4 heteroatoms. The highest BCUT2D eigenvalue weighted by molar-refractivity contribution is 5.33. The van der Waals surface area contributed by atoms with Gasteiger partial charge in [0.2, 0.25) is 0 Å². The molecular formula is C17H26N2O2. The van der Waals surface area contributed by atoms with E-state index in [2.05, 4.69) is 5.32 Å². The van der Waals surface area contributed by atoms with Crippen LogP contribution in [0.2, 0.25) is 0 Å². The van der Waals surface area contributed by atoms with Crippen molar-refractivity contribution in [2.45, 2.75) is 57.4 Å². The summed E-state index contributed by atoms with van der Waals surface area (Å²) in [6.45, 7) is 0. The van der Waals surface area contributed by atoms with Crippen LogP contribution in [0.5, 0.6) is 0 Å². The maximum absolute atomic E-state index is 10.7. The van der Waals surface area contributed by atoms with Crippen molar-refractivity contribution in [2.75, 3.05) is 7.05 Å². The highest BCUT2D eigenvalue weighted by Crippen LogP contribution is 2.27. The van der Waals surface area contributed by atoms with Gasteiger partial charge in [0, 0.05) is 18.2 Å². The number of rotatable bonds is 6. The van der Waals surface area contributed by atoms with Gasteiger partial charge in [-0.15, -0.1) is 0 Å². The third kappa shape index (κ3) is 5.12. The number of nitrogens with zero attached hydrogens (tertiary/aromatic N) is 1. The Bertz CT molecular complexity index is 437. The predicted molar refractivity (Wildman–Crippen MR) is 85.5 cm³/mol. The molecule has 1 unspecified atom stereocenters. The third-order valence-corrected chi connectivity index (χ3v) is 4.63. The van der Waals surface area contributed by atoms with Crippen LogP contribution in [0.3, 0.4) is 0 Å². The molecule has 0 saturated heterocycles. The second-order valence-corrected chi connectivity index (χ2v) is 6.21. The number of nitro benzene ring substituents is 1. The van der Waals surface area contributed by atoms with Gasteiger partial charge in [0.1, 0.15) is 0 Å². The summed E-state index contributed by atoms with van der Waals surface area (Å²) in [5.74, 6) is 0.836. The van der Waals surface area contributed by atoms with Crippen LogP contribution >= 0.6 is 0 Å². The lowest BCUT2D eigenvalue weighted by molar-refractivity contribution is -0.384. The van der Waals surface area contributed by atoms with Crippen LogP contribution in [0.15, 0.2) is 24.3 Å². The van der Waals surface area contributed by atoms with Gasteiger partial charge in [-0.3, -0.25) is 10.1 Å². The fourth-order valence-electron chi connectivity index (χ4n) is 3.34. The van der Waals surface area contributed by atoms with Crippen molar-refractivity contribution in [3.8, 4) is 0 Å². The minimum atomic E-state index is -0.342. The SMILES string of the molecule is CNC(Cc1ccc([N+](=O)[O-])cc1)CC1CCCCCC1. The Morgan fingerprint density at radius 3 is 2.33 bits per heavy atom. The van der Waals surface area contributed by atoms with E-state index in [4.69, 9.17) is 0 Å². The van der Waals surface area contributed by atoms with E-state index in [1.807, 2.05) is 19.2 Å². The average molecular weight is 290 g/mol. The number of hydrogen-bond acceptors (Lipinski definition) is 3. The first kappa shape index (κ1) is 16.0. The first-order chi connectivity index (χ1) is 10.2. The number of likely N-dealkylation sites (N-methyl/N-ethyl adjacent to an activating group) is 1. The van der Waals surface area contributed by atoms with E-state index in [9.17, 15) is 10.1 Å². The molecule has 1 N–H and O–H groups in total. The molecule has 0 amide bonds. The lowest BCUT2D eigenvalue weighted by Crippen LogP contribution is -2.30. The molecule has 1 aliphatic carbocycles. The van der Waals surface area contributed by atoms with Gasteiger partial charge < -0.3 is 5.32 Å². The van der Waals surface area contributed by atoms with E-state index >= 15 is 0 Å². The summed E-state index contributed by atoms with van der Waals surface area (Å²) in [7, 11) is 2.02. The number of hydrogen-bond donors (Lipinski definition) is 1. The summed E-state index contributed by atoms with van der Waals surface area (Å²) in [6.07, 6.45) is 10.4. The van der Waals surface area contributed by atoms with Gasteiger partial charge in [-0.05, 0) is 31.4 Å². The minimum absolute atomic E-state index is 0.170. The lowest BCUT2D eigenvalue weighted by Gasteiger charge is -2.22. The van der Waals surface area contributed by atoms with E-state index in [1.165, 1.54) is 50.5 Å². The first-order valence-electron chi connectivity index (χ1n) is 8.09. The molecule has 2 rings (SSSR count). The van der Waals surface area contributed by atoms with E-state index in [0.29, 0.717) is 6.04 Å². The molecule has 0 radical (unpaired) electrons. The average Bonchev–Trinajstić information content (AvgIpc) is 2.75. The van der Waals surface area contributed by atoms with Gasteiger partial charge in [0.25, 0.3) is 5.69 Å². The zero-order chi connectivity index (χ0) is 15.1. The quantitative estimate of drug-likeness (QED) is 0.488. The summed E-state index contributed by atoms with van der Waals surface area (Å²) in [4.78, 5) is 10.3. The standard InChI is InChI=1S/C17H26N2O2/c1-18-16(12-14-6-4-2-3-5-7-14)13-15-8-10-17(11-9-15)19(20)21/h8-11,14,16,18H,2-7,12-13H2,1H3. The fraction of sp³-hybridized carbons (Fsp3) is 0.647. The molecular weight excluding hydrogens is 264 g/mol. The molecule has 0 spiro atoms. The second-order valence-electron chi connectivity index (χ2n) is 6.21. The van der Waals surface area contributed by atoms with Crippen LogP contribution in [0.25, 0.3) is 0 Å². The maximum atomic E-state index is 10.7. The molecule has 1 aliphatic rings. The van der Waals surface area contributed by atoms with Gasteiger partial charge in [-0.25, -0.2) is 0 Å². The van der Waals surface area contributed by atoms with Gasteiger partial charge in [0.15, 0.2) is 0 Å². The normalized spacial score (nSPS) is 18.1. The number of nitro groups is 1. The second kappa shape index (κ2) is 8.13. The topological polar surface area (TPSA) is 55.2 Å². The number of non-ortho nitro benzene ring substituents is 1. The predicted octanol–water partition coefficient (Wildman–Crippen LogP) is 4.09. The van der Waals surface area contributed by atoms with Crippen molar-refractivity contribution in [2.24, 2.45) is 5.92 Å². The van der Waals surface area contributed by atoms with Crippen molar-refractivity contribution < 1.29 is 4.92 Å². The van der Waals surface area contributed by atoms with E-state index < -0.39 is 0 Å². The summed E-state index contributed by atoms with van der Waals surface area (Å²) < 4.78 is 0. The van der Waals surface area contributed by atoms with Crippen LogP contribution < -0.4 is 5.32 Å². The molecule has 4 nitrogen and oxygen atoms in total. The lowest BCUT2D eigenvalue weighted by atomic mass is 9.90. The molecule has 0 aromatic heterocycles. The monoisotopic (exact) mass is 290 g/mol. The van der Waals surface area contributed by atoms with Gasteiger partial charge >= 0.3 is 0 Å². The van der Waals surface area contributed by atoms with Crippen molar-refractivity contribution >= 4 is 5.69 Å². The molecule has 1 fully saturated rings. The number of nitrogens with one attached hydrogen (secondary N) is 1. The zero-order valence-corrected chi connectivity index (χ0v) is 12.9. The minimum Gasteiger partial charge on any atom is -0.317 e. The molecule has 21 heavy (non-hydrogen) atoms. The van der Waals surface area contributed by atoms with Crippen molar-refractivity contribution in [3.05, 3.63) is 39.9 Å². The summed E-state index contributed by atoms with van der Waals surface area (Å²) in [6, 6.07) is 7.45. The molecule has 1 aromatic carbocycles. The smallest absolute Gasteiger partial charge is 0.269 e. The highest BCUT2D eigenvalue weighted by atomic mass is 16.6. The molecule has 0 bridgehead atoms. The maximum Gasteiger partial charge on any atom is 0.269 e. The Morgan fingerprint density at radius 1 is 1.19 bits per heavy atom. The van der Waals surface area contributed by atoms with Gasteiger partial charge in [0.05, 0.1) is 4.92 Å². The summed E-state index contributed by atoms with van der Waals surface area (Å²) in [5, 5.41) is 14.1. The van der Waals surface area contributed by atoms with E-state index in [1.54, 1.807) is 12.1 Å². The number of benzene rings is 1. The molecule has 1 aromatic rings. The molecule has 1 saturated carbocycles. The molecule has 1 atom stereocenters. The van der Waals surface area contributed by atoms with Crippen LogP contribution in [0, 0.1) is 16.0 Å². The Hall–Kier alpha value is -1.42. The Kier molecular flexibility index (Phi) is 6.18. The summed E-state index contributed by atoms with van der Waals surface area (Å²) in [5.41, 5.74) is 1.34. The fourth-order valence-corrected chi connectivity index (χ4v) is 3.34. The Morgan fingerprint density at radius 2 is 1.81 bits per heavy atom. The van der Waals surface area contributed by atoms with Crippen LogP contribution in [-0.4, -0.2) is 18.0 Å². The molecule has 0 heterocycles. The first-order valence-corrected chi connectivity index (χ1v) is 8.09. The largest absolute Gasteiger partial charge is 0.317 e. The highest BCUT2D eigenvalue weighted by Gasteiger charge is 2.17. The molecule has 116 valence electrons. The van der Waals surface area contributed by atoms with E-state index in [-0.39, 0.29) is 10.6 Å². The molecule has 0 aliphatic heterocycles. The summed E-state index contributed by atoms with van der Waals surface area (Å²) >= 11 is 0. The van der Waals surface area contributed by atoms with E-state index in [0.717, 1.165) is 12.3 Å². The zero-order valence-electron chi connectivity index (χ0n) is 12.9. The Labute approximate surface area is 127 Å². The van der Waals surface area contributed by atoms with Crippen molar-refractivity contribution in [3.63, 3.8) is 0 Å². The van der Waals surface area contributed by atoms with Gasteiger partial charge in [-0.1, -0.05) is 50.7 Å². The van der Waals surface area contributed by atoms with Gasteiger partial charge in [-0.2, -0.15) is 0 Å². The van der Waals surface area contributed by atoms with Crippen LogP contribution in [0.4, 0.5) is 5.69 Å². The van der Waals surface area contributed by atoms with Crippen molar-refractivity contribution in [1.29, 1.82) is 0 Å². The Balaban J connectivity index is 1.90. The van der Waals surface area contributed by atoms with Crippen molar-refractivity contribution in [1.82, 2.24) is 5.32 Å². The van der Waals surface area contributed by atoms with Crippen LogP contribution in [-0.2, 0) is 6.42 Å².